The second-order valence-electron chi connectivity index (χ2n) is 7.49. The third-order valence-corrected chi connectivity index (χ3v) is 6.74. The summed E-state index contributed by atoms with van der Waals surface area (Å²) in [7, 11) is 1.64. The summed E-state index contributed by atoms with van der Waals surface area (Å²) < 4.78 is 22.2. The largest absolute Gasteiger partial charge is 0.364 e. The Labute approximate surface area is 208 Å². The minimum atomic E-state index is -0.668. The fraction of sp³-hybridized carbons (Fsp3) is 0.318. The van der Waals surface area contributed by atoms with Gasteiger partial charge in [-0.2, -0.15) is 0 Å². The van der Waals surface area contributed by atoms with E-state index in [-0.39, 0.29) is 16.5 Å². The molecular formula is C22H22BrClFN5O2S. The minimum Gasteiger partial charge on any atom is -0.364 e. The molecule has 1 saturated heterocycles. The number of nitrogens with zero attached hydrogens (tertiary/aromatic N) is 5. The van der Waals surface area contributed by atoms with Gasteiger partial charge in [-0.3, -0.25) is 14.3 Å². The number of pyridine rings is 1. The fourth-order valence-corrected chi connectivity index (χ4v) is 4.94. The predicted octanol–water partition coefficient (Wildman–Crippen LogP) is 4.29. The zero-order valence-corrected chi connectivity index (χ0v) is 21.0. The summed E-state index contributed by atoms with van der Waals surface area (Å²) in [6.07, 6.45) is 1.92. The molecule has 174 valence electrons. The molecule has 0 unspecified atom stereocenters. The number of carbonyl (C=O) groups is 1. The highest BCUT2D eigenvalue weighted by atomic mass is 79.9. The van der Waals surface area contributed by atoms with Gasteiger partial charge in [0.15, 0.2) is 16.4 Å². The first kappa shape index (κ1) is 24.0. The maximum absolute atomic E-state index is 14.2. The Morgan fingerprint density at radius 1 is 1.30 bits per heavy atom. The van der Waals surface area contributed by atoms with Crippen molar-refractivity contribution < 1.29 is 13.9 Å². The molecule has 3 aromatic rings. The lowest BCUT2D eigenvalue weighted by atomic mass is 10.1. The molecule has 1 aliphatic heterocycles. The van der Waals surface area contributed by atoms with Crippen molar-refractivity contribution in [1.82, 2.24) is 19.4 Å². The highest BCUT2D eigenvalue weighted by molar-refractivity contribution is 9.10. The Morgan fingerprint density at radius 3 is 2.85 bits per heavy atom. The Kier molecular flexibility index (Phi) is 7.92. The van der Waals surface area contributed by atoms with E-state index in [1.54, 1.807) is 18.1 Å². The number of thiazole rings is 1. The van der Waals surface area contributed by atoms with Gasteiger partial charge in [-0.05, 0) is 24.3 Å². The van der Waals surface area contributed by atoms with Crippen molar-refractivity contribution in [3.63, 3.8) is 0 Å². The van der Waals surface area contributed by atoms with E-state index in [4.69, 9.17) is 21.3 Å². The zero-order valence-electron chi connectivity index (χ0n) is 17.9. The van der Waals surface area contributed by atoms with Gasteiger partial charge in [0.1, 0.15) is 6.73 Å². The summed E-state index contributed by atoms with van der Waals surface area (Å²) in [6, 6.07) is 8.33. The molecule has 0 N–H and O–H groups in total. The molecule has 0 radical (unpaired) electrons. The molecule has 1 amide bonds. The highest BCUT2D eigenvalue weighted by Crippen LogP contribution is 2.22. The number of hydrogen-bond donors (Lipinski definition) is 0. The van der Waals surface area contributed by atoms with E-state index in [9.17, 15) is 9.18 Å². The van der Waals surface area contributed by atoms with Gasteiger partial charge in [0.25, 0.3) is 5.91 Å². The molecule has 4 rings (SSSR count). The zero-order chi connectivity index (χ0) is 23.4. The van der Waals surface area contributed by atoms with Crippen molar-refractivity contribution in [3.8, 4) is 0 Å². The van der Waals surface area contributed by atoms with Gasteiger partial charge in [0.2, 0.25) is 0 Å². The van der Waals surface area contributed by atoms with Crippen LogP contribution in [-0.2, 0) is 18.0 Å². The van der Waals surface area contributed by atoms with Crippen LogP contribution in [0.3, 0.4) is 0 Å². The lowest BCUT2D eigenvalue weighted by Crippen LogP contribution is -2.48. The molecule has 1 aliphatic rings. The highest BCUT2D eigenvalue weighted by Gasteiger charge is 2.25. The number of aromatic nitrogens is 2. The standard InChI is InChI=1S/C22H22BrClFN5O2S/c1-32-14-30-9-10-33-22(30)27-19-12-15(23)11-16(26-19)13-28-5-7-29(8-6-28)21(31)17-3-2-4-18(24)20(17)25/h2-4,9-12H,5-8,13-14H2,1H3/b27-22-. The van der Waals surface area contributed by atoms with Crippen molar-refractivity contribution in [2.75, 3.05) is 33.3 Å². The molecule has 0 atom stereocenters. The van der Waals surface area contributed by atoms with Crippen molar-refractivity contribution >= 4 is 50.6 Å². The summed E-state index contributed by atoms with van der Waals surface area (Å²) in [6.45, 7) is 3.37. The second-order valence-corrected chi connectivity index (χ2v) is 9.69. The van der Waals surface area contributed by atoms with E-state index in [0.29, 0.717) is 45.3 Å². The molecule has 33 heavy (non-hydrogen) atoms. The Bertz CT molecular complexity index is 1210. The average Bonchev–Trinajstić information content (AvgIpc) is 3.22. The maximum atomic E-state index is 14.2. The predicted molar refractivity (Wildman–Crippen MR) is 129 cm³/mol. The number of amides is 1. The van der Waals surface area contributed by atoms with Crippen molar-refractivity contribution in [1.29, 1.82) is 0 Å². The fourth-order valence-electron chi connectivity index (χ4n) is 3.57. The van der Waals surface area contributed by atoms with E-state index in [2.05, 4.69) is 25.8 Å². The van der Waals surface area contributed by atoms with Crippen molar-refractivity contribution in [3.05, 3.63) is 73.3 Å². The van der Waals surface area contributed by atoms with Crippen LogP contribution in [0.2, 0.25) is 5.02 Å². The number of halogens is 3. The first-order valence-electron chi connectivity index (χ1n) is 10.2. The van der Waals surface area contributed by atoms with E-state index in [1.807, 2.05) is 28.3 Å². The lowest BCUT2D eigenvalue weighted by Gasteiger charge is -2.34. The number of rotatable bonds is 6. The number of carbonyl (C=O) groups excluding carboxylic acids is 1. The monoisotopic (exact) mass is 553 g/mol. The van der Waals surface area contributed by atoms with E-state index in [0.717, 1.165) is 15.0 Å². The van der Waals surface area contributed by atoms with Gasteiger partial charge in [-0.1, -0.05) is 33.6 Å². The van der Waals surface area contributed by atoms with Crippen LogP contribution in [-0.4, -0.2) is 58.5 Å². The second kappa shape index (κ2) is 10.9. The van der Waals surface area contributed by atoms with Crippen LogP contribution in [0.1, 0.15) is 16.1 Å². The lowest BCUT2D eigenvalue weighted by molar-refractivity contribution is 0.0622. The minimum absolute atomic E-state index is 0.00940. The Morgan fingerprint density at radius 2 is 2.09 bits per heavy atom. The smallest absolute Gasteiger partial charge is 0.256 e. The molecule has 0 bridgehead atoms. The van der Waals surface area contributed by atoms with Gasteiger partial charge in [-0.25, -0.2) is 14.4 Å². The van der Waals surface area contributed by atoms with Gasteiger partial charge in [0.05, 0.1) is 16.3 Å². The van der Waals surface area contributed by atoms with Crippen LogP contribution in [0.5, 0.6) is 0 Å². The number of piperazine rings is 1. The Balaban J connectivity index is 1.42. The van der Waals surface area contributed by atoms with Crippen molar-refractivity contribution in [2.24, 2.45) is 4.99 Å². The first-order valence-corrected chi connectivity index (χ1v) is 12.3. The number of ether oxygens (including phenoxy) is 1. The van der Waals surface area contributed by atoms with Crippen LogP contribution in [0.15, 0.2) is 51.4 Å². The molecule has 11 heteroatoms. The van der Waals surface area contributed by atoms with Crippen LogP contribution in [0, 0.1) is 5.82 Å². The molecule has 1 aromatic carbocycles. The summed E-state index contributed by atoms with van der Waals surface area (Å²) in [5.41, 5.74) is 0.883. The summed E-state index contributed by atoms with van der Waals surface area (Å²) in [5, 5.41) is 1.91. The quantitative estimate of drug-likeness (QED) is 0.456. The molecule has 7 nitrogen and oxygen atoms in total. The average molecular weight is 555 g/mol. The summed E-state index contributed by atoms with van der Waals surface area (Å²) in [4.78, 5) is 26.8. The van der Waals surface area contributed by atoms with Gasteiger partial charge < -0.3 is 9.64 Å². The Hall–Kier alpha value is -2.11. The molecule has 3 heterocycles. The number of methoxy groups -OCH3 is 1. The molecule has 1 fully saturated rings. The number of hydrogen-bond acceptors (Lipinski definition) is 6. The van der Waals surface area contributed by atoms with Crippen LogP contribution in [0.25, 0.3) is 0 Å². The van der Waals surface area contributed by atoms with Crippen LogP contribution in [0.4, 0.5) is 10.2 Å². The SMILES string of the molecule is COCn1ccs/c1=N\c1cc(Br)cc(CN2CCN(C(=O)c3cccc(Cl)c3F)CC2)n1. The maximum Gasteiger partial charge on any atom is 0.256 e. The molecule has 0 aliphatic carbocycles. The van der Waals surface area contributed by atoms with Gasteiger partial charge >= 0.3 is 0 Å². The molecule has 0 saturated carbocycles. The van der Waals surface area contributed by atoms with Crippen LogP contribution < -0.4 is 4.80 Å². The molecule has 2 aromatic heterocycles. The van der Waals surface area contributed by atoms with E-state index in [1.165, 1.54) is 23.5 Å². The van der Waals surface area contributed by atoms with Crippen molar-refractivity contribution in [2.45, 2.75) is 13.3 Å². The van der Waals surface area contributed by atoms with E-state index >= 15 is 0 Å². The normalized spacial score (nSPS) is 15.3. The van der Waals surface area contributed by atoms with E-state index < -0.39 is 5.82 Å². The van der Waals surface area contributed by atoms with Crippen LogP contribution >= 0.6 is 38.9 Å². The van der Waals surface area contributed by atoms with Gasteiger partial charge in [0, 0.05) is 55.9 Å². The summed E-state index contributed by atoms with van der Waals surface area (Å²) in [5.74, 6) is -0.396. The third-order valence-electron chi connectivity index (χ3n) is 5.20. The topological polar surface area (TPSA) is 63.0 Å². The third kappa shape index (κ3) is 5.88. The molecular weight excluding hydrogens is 533 g/mol. The summed E-state index contributed by atoms with van der Waals surface area (Å²) >= 11 is 10.9. The molecule has 0 spiro atoms. The van der Waals surface area contributed by atoms with Gasteiger partial charge in [-0.15, -0.1) is 11.3 Å². The first-order chi connectivity index (χ1) is 15.9. The number of benzene rings is 1.